The summed E-state index contributed by atoms with van der Waals surface area (Å²) in [6.07, 6.45) is 3.56. The fraction of sp³-hybridized carbons (Fsp3) is 0.304. The number of para-hydroxylation sites is 1. The van der Waals surface area contributed by atoms with E-state index in [4.69, 9.17) is 0 Å². The van der Waals surface area contributed by atoms with E-state index < -0.39 is 0 Å². The summed E-state index contributed by atoms with van der Waals surface area (Å²) in [7, 11) is 0. The molecule has 2 aromatic carbocycles. The van der Waals surface area contributed by atoms with Crippen molar-refractivity contribution in [3.63, 3.8) is 0 Å². The van der Waals surface area contributed by atoms with E-state index in [0.29, 0.717) is 11.3 Å². The summed E-state index contributed by atoms with van der Waals surface area (Å²) in [6, 6.07) is 12.0. The number of nitrogens with one attached hydrogen (secondary N) is 2. The van der Waals surface area contributed by atoms with Crippen LogP contribution in [0.4, 0.5) is 10.1 Å². The minimum absolute atomic E-state index is 0. The first kappa shape index (κ1) is 22.0. The van der Waals surface area contributed by atoms with Crippen LogP contribution in [0.15, 0.2) is 48.7 Å². The van der Waals surface area contributed by atoms with Crippen LogP contribution in [0.2, 0.25) is 0 Å². The molecule has 158 valence electrons. The smallest absolute Gasteiger partial charge is 0.259 e. The first-order valence-electron chi connectivity index (χ1n) is 9.96. The van der Waals surface area contributed by atoms with Crippen molar-refractivity contribution in [1.29, 1.82) is 0 Å². The van der Waals surface area contributed by atoms with Crippen LogP contribution in [0.1, 0.15) is 45.9 Å². The molecule has 0 unspecified atom stereocenters. The van der Waals surface area contributed by atoms with E-state index in [1.165, 1.54) is 12.1 Å². The monoisotopic (exact) mass is 428 g/mol. The van der Waals surface area contributed by atoms with Crippen LogP contribution in [0, 0.1) is 19.7 Å². The zero-order chi connectivity index (χ0) is 20.4. The van der Waals surface area contributed by atoms with Gasteiger partial charge in [-0.25, -0.2) is 9.07 Å². The van der Waals surface area contributed by atoms with E-state index in [9.17, 15) is 9.18 Å². The standard InChI is InChI=1S/C23H25FN4O.ClH/c1-15-4-3-5-16(2)21(15)28-22(17-10-12-25-13-11-17)20(14-26-28)23(29)27-19-8-6-18(24)7-9-19;/h3-9,14,17,25H,10-13H2,1-2H3,(H,27,29);1H. The Bertz CT molecular complexity index is 1010. The van der Waals surface area contributed by atoms with Crippen molar-refractivity contribution < 1.29 is 9.18 Å². The number of nitrogens with zero attached hydrogens (tertiary/aromatic N) is 2. The van der Waals surface area contributed by atoms with Gasteiger partial charge in [-0.15, -0.1) is 12.4 Å². The van der Waals surface area contributed by atoms with E-state index in [-0.39, 0.29) is 30.0 Å². The van der Waals surface area contributed by atoms with Gasteiger partial charge in [0.05, 0.1) is 23.1 Å². The van der Waals surface area contributed by atoms with Crippen molar-refractivity contribution in [2.45, 2.75) is 32.6 Å². The second-order valence-corrected chi connectivity index (χ2v) is 7.58. The first-order valence-corrected chi connectivity index (χ1v) is 9.96. The van der Waals surface area contributed by atoms with E-state index in [1.807, 2.05) is 10.7 Å². The van der Waals surface area contributed by atoms with Gasteiger partial charge < -0.3 is 10.6 Å². The third-order valence-corrected chi connectivity index (χ3v) is 5.53. The molecule has 1 aromatic heterocycles. The van der Waals surface area contributed by atoms with Crippen molar-refractivity contribution in [2.24, 2.45) is 0 Å². The molecule has 0 radical (unpaired) electrons. The van der Waals surface area contributed by atoms with Crippen molar-refractivity contribution in [1.82, 2.24) is 15.1 Å². The molecule has 3 aromatic rings. The number of carbonyl (C=O) groups excluding carboxylic acids is 1. The summed E-state index contributed by atoms with van der Waals surface area (Å²) in [5, 5.41) is 10.9. The highest BCUT2D eigenvalue weighted by molar-refractivity contribution is 6.05. The fourth-order valence-electron chi connectivity index (χ4n) is 4.07. The lowest BCUT2D eigenvalue weighted by Crippen LogP contribution is -2.29. The number of hydrogen-bond acceptors (Lipinski definition) is 3. The number of carbonyl (C=O) groups is 1. The molecule has 0 aliphatic carbocycles. The molecule has 4 rings (SSSR count). The number of amides is 1. The summed E-state index contributed by atoms with van der Waals surface area (Å²) in [6.45, 7) is 5.96. The largest absolute Gasteiger partial charge is 0.322 e. The van der Waals surface area contributed by atoms with Crippen LogP contribution in [-0.2, 0) is 0 Å². The molecule has 0 atom stereocenters. The molecule has 30 heavy (non-hydrogen) atoms. The summed E-state index contributed by atoms with van der Waals surface area (Å²) >= 11 is 0. The lowest BCUT2D eigenvalue weighted by atomic mass is 9.91. The molecule has 1 aliphatic heterocycles. The summed E-state index contributed by atoms with van der Waals surface area (Å²) in [5.41, 5.74) is 5.35. The summed E-state index contributed by atoms with van der Waals surface area (Å²) < 4.78 is 15.1. The van der Waals surface area contributed by atoms with Gasteiger partial charge in [0.25, 0.3) is 5.91 Å². The highest BCUT2D eigenvalue weighted by atomic mass is 35.5. The molecule has 0 bridgehead atoms. The number of anilines is 1. The lowest BCUT2D eigenvalue weighted by molar-refractivity contribution is 0.102. The Hall–Kier alpha value is -2.70. The van der Waals surface area contributed by atoms with Gasteiger partial charge in [-0.05, 0) is 75.2 Å². The zero-order valence-corrected chi connectivity index (χ0v) is 17.9. The van der Waals surface area contributed by atoms with Crippen LogP contribution in [0.25, 0.3) is 5.69 Å². The molecule has 7 heteroatoms. The Labute approximate surface area is 182 Å². The molecule has 2 heterocycles. The van der Waals surface area contributed by atoms with Gasteiger partial charge in [0, 0.05) is 11.6 Å². The predicted molar refractivity (Wildman–Crippen MR) is 119 cm³/mol. The minimum atomic E-state index is -0.332. The number of aromatic nitrogens is 2. The summed E-state index contributed by atoms with van der Waals surface area (Å²) in [4.78, 5) is 13.1. The number of benzene rings is 2. The second kappa shape index (κ2) is 9.41. The molecular weight excluding hydrogens is 403 g/mol. The van der Waals surface area contributed by atoms with Crippen LogP contribution >= 0.6 is 12.4 Å². The Morgan fingerprint density at radius 2 is 1.73 bits per heavy atom. The number of hydrogen-bond donors (Lipinski definition) is 2. The topological polar surface area (TPSA) is 59.0 Å². The van der Waals surface area contributed by atoms with Gasteiger partial charge in [0.15, 0.2) is 0 Å². The van der Waals surface area contributed by atoms with E-state index in [0.717, 1.165) is 48.4 Å². The number of aryl methyl sites for hydroxylation is 2. The van der Waals surface area contributed by atoms with Gasteiger partial charge in [0.2, 0.25) is 0 Å². The van der Waals surface area contributed by atoms with Gasteiger partial charge in [-0.3, -0.25) is 4.79 Å². The third kappa shape index (κ3) is 4.40. The molecule has 2 N–H and O–H groups in total. The average Bonchev–Trinajstić information content (AvgIpc) is 3.15. The van der Waals surface area contributed by atoms with Crippen molar-refractivity contribution in [3.05, 3.63) is 76.9 Å². The Balaban J connectivity index is 0.00000256. The molecule has 1 amide bonds. The molecule has 1 aliphatic rings. The number of halogens is 2. The fourth-order valence-corrected chi connectivity index (χ4v) is 4.07. The van der Waals surface area contributed by atoms with E-state index in [1.54, 1.807) is 18.3 Å². The van der Waals surface area contributed by atoms with Crippen molar-refractivity contribution in [3.8, 4) is 5.69 Å². The zero-order valence-electron chi connectivity index (χ0n) is 17.1. The van der Waals surface area contributed by atoms with Crippen LogP contribution < -0.4 is 10.6 Å². The van der Waals surface area contributed by atoms with Gasteiger partial charge in [-0.1, -0.05) is 18.2 Å². The molecule has 0 saturated carbocycles. The van der Waals surface area contributed by atoms with Gasteiger partial charge >= 0.3 is 0 Å². The number of piperidine rings is 1. The van der Waals surface area contributed by atoms with Crippen LogP contribution in [0.5, 0.6) is 0 Å². The maximum atomic E-state index is 13.2. The van der Waals surface area contributed by atoms with Crippen molar-refractivity contribution >= 4 is 24.0 Å². The molecule has 0 spiro atoms. The predicted octanol–water partition coefficient (Wildman–Crippen LogP) is 4.77. The highest BCUT2D eigenvalue weighted by Gasteiger charge is 2.28. The Morgan fingerprint density at radius 3 is 2.37 bits per heavy atom. The molecular formula is C23H26ClFN4O. The Morgan fingerprint density at radius 1 is 1.10 bits per heavy atom. The summed E-state index contributed by atoms with van der Waals surface area (Å²) in [5.74, 6) is -0.310. The van der Waals surface area contributed by atoms with Crippen LogP contribution in [-0.4, -0.2) is 28.8 Å². The molecule has 1 saturated heterocycles. The quantitative estimate of drug-likeness (QED) is 0.629. The third-order valence-electron chi connectivity index (χ3n) is 5.53. The second-order valence-electron chi connectivity index (χ2n) is 7.58. The van der Waals surface area contributed by atoms with Gasteiger partial charge in [0.1, 0.15) is 5.82 Å². The molecule has 1 fully saturated rings. The highest BCUT2D eigenvalue weighted by Crippen LogP contribution is 2.32. The normalized spacial score (nSPS) is 14.2. The maximum Gasteiger partial charge on any atom is 0.259 e. The molecule has 5 nitrogen and oxygen atoms in total. The SMILES string of the molecule is Cc1cccc(C)c1-n1ncc(C(=O)Nc2ccc(F)cc2)c1C1CCNCC1.Cl. The lowest BCUT2D eigenvalue weighted by Gasteiger charge is -2.25. The van der Waals surface area contributed by atoms with Gasteiger partial charge in [-0.2, -0.15) is 5.10 Å². The van der Waals surface area contributed by atoms with E-state index >= 15 is 0 Å². The number of rotatable bonds is 4. The Kier molecular flexibility index (Phi) is 6.90. The van der Waals surface area contributed by atoms with Crippen molar-refractivity contribution in [2.75, 3.05) is 18.4 Å². The minimum Gasteiger partial charge on any atom is -0.322 e. The maximum absolute atomic E-state index is 13.2. The van der Waals surface area contributed by atoms with Crippen LogP contribution in [0.3, 0.4) is 0 Å². The average molecular weight is 429 g/mol. The first-order chi connectivity index (χ1) is 14.0. The van der Waals surface area contributed by atoms with E-state index in [2.05, 4.69) is 41.7 Å².